The molecule has 0 amide bonds. The second-order valence-corrected chi connectivity index (χ2v) is 9.20. The molecule has 0 unspecified atom stereocenters. The molecule has 0 spiro atoms. The largest absolute Gasteiger partial charge is 0.364 e. The first kappa shape index (κ1) is 21.0. The molecule has 0 aliphatic carbocycles. The predicted molar refractivity (Wildman–Crippen MR) is 106 cm³/mol. The number of sulfonamides is 1. The number of rotatable bonds is 7. The Labute approximate surface area is 165 Å². The van der Waals surface area contributed by atoms with Crippen molar-refractivity contribution in [3.63, 3.8) is 0 Å². The Morgan fingerprint density at radius 1 is 1.19 bits per heavy atom. The lowest BCUT2D eigenvalue weighted by atomic mass is 10.3. The standard InChI is InChI=1S/C17H24Cl2N4O2S/c1-11(2)23(12(3)4)26(24,25)14-6-7-16(21-10-14)20-9-13-8-15(18)17(19)22(13)5/h6-8,10-12H,9H2,1-5H3,(H,20,21). The molecule has 0 aliphatic heterocycles. The first-order valence-corrected chi connectivity index (χ1v) is 10.5. The molecule has 2 rings (SSSR count). The zero-order valence-electron chi connectivity index (χ0n) is 15.5. The van der Waals surface area contributed by atoms with Crippen LogP contribution in [0.4, 0.5) is 5.82 Å². The molecule has 26 heavy (non-hydrogen) atoms. The molecule has 0 fully saturated rings. The monoisotopic (exact) mass is 418 g/mol. The number of nitrogens with zero attached hydrogens (tertiary/aromatic N) is 3. The maximum atomic E-state index is 12.8. The van der Waals surface area contributed by atoms with E-state index in [9.17, 15) is 8.42 Å². The van der Waals surface area contributed by atoms with Crippen LogP contribution in [0.2, 0.25) is 10.2 Å². The molecule has 0 aromatic carbocycles. The van der Waals surface area contributed by atoms with Gasteiger partial charge in [-0.1, -0.05) is 23.2 Å². The highest BCUT2D eigenvalue weighted by Crippen LogP contribution is 2.26. The molecule has 0 atom stereocenters. The number of hydrogen-bond acceptors (Lipinski definition) is 4. The van der Waals surface area contributed by atoms with E-state index in [2.05, 4.69) is 10.3 Å². The van der Waals surface area contributed by atoms with Crippen LogP contribution in [0.1, 0.15) is 33.4 Å². The fourth-order valence-electron chi connectivity index (χ4n) is 2.85. The van der Waals surface area contributed by atoms with E-state index in [1.807, 2.05) is 34.7 Å². The summed E-state index contributed by atoms with van der Waals surface area (Å²) in [4.78, 5) is 4.40. The zero-order valence-corrected chi connectivity index (χ0v) is 17.8. The molecule has 6 nitrogen and oxygen atoms in total. The van der Waals surface area contributed by atoms with Crippen molar-refractivity contribution in [1.82, 2.24) is 13.9 Å². The lowest BCUT2D eigenvalue weighted by Gasteiger charge is -2.29. The maximum absolute atomic E-state index is 12.8. The van der Waals surface area contributed by atoms with E-state index < -0.39 is 10.0 Å². The van der Waals surface area contributed by atoms with Crippen molar-refractivity contribution in [3.8, 4) is 0 Å². The zero-order chi connectivity index (χ0) is 19.6. The summed E-state index contributed by atoms with van der Waals surface area (Å²) in [6, 6.07) is 4.72. The minimum Gasteiger partial charge on any atom is -0.364 e. The van der Waals surface area contributed by atoms with Crippen molar-refractivity contribution in [2.75, 3.05) is 5.32 Å². The van der Waals surface area contributed by atoms with Crippen molar-refractivity contribution < 1.29 is 8.42 Å². The highest BCUT2D eigenvalue weighted by molar-refractivity contribution is 7.89. The number of pyridine rings is 1. The van der Waals surface area contributed by atoms with E-state index in [-0.39, 0.29) is 17.0 Å². The Kier molecular flexibility index (Phi) is 6.60. The summed E-state index contributed by atoms with van der Waals surface area (Å²) < 4.78 is 28.9. The Balaban J connectivity index is 2.16. The summed E-state index contributed by atoms with van der Waals surface area (Å²) in [5.41, 5.74) is 0.893. The Morgan fingerprint density at radius 2 is 1.81 bits per heavy atom. The van der Waals surface area contributed by atoms with Crippen LogP contribution in [0.15, 0.2) is 29.3 Å². The van der Waals surface area contributed by atoms with Gasteiger partial charge in [0, 0.05) is 31.0 Å². The molecule has 1 N–H and O–H groups in total. The Morgan fingerprint density at radius 3 is 2.23 bits per heavy atom. The number of nitrogens with one attached hydrogen (secondary N) is 1. The lowest BCUT2D eigenvalue weighted by Crippen LogP contribution is -2.41. The van der Waals surface area contributed by atoms with Gasteiger partial charge >= 0.3 is 0 Å². The smallest absolute Gasteiger partial charge is 0.245 e. The fraction of sp³-hybridized carbons (Fsp3) is 0.471. The van der Waals surface area contributed by atoms with Crippen molar-refractivity contribution in [3.05, 3.63) is 40.3 Å². The fourth-order valence-corrected chi connectivity index (χ4v) is 5.05. The van der Waals surface area contributed by atoms with E-state index >= 15 is 0 Å². The van der Waals surface area contributed by atoms with E-state index in [0.717, 1.165) is 5.69 Å². The van der Waals surface area contributed by atoms with Gasteiger partial charge in [-0.25, -0.2) is 13.4 Å². The summed E-state index contributed by atoms with van der Waals surface area (Å²) >= 11 is 12.0. The van der Waals surface area contributed by atoms with Crippen LogP contribution in [0.25, 0.3) is 0 Å². The highest BCUT2D eigenvalue weighted by atomic mass is 35.5. The van der Waals surface area contributed by atoms with Crippen LogP contribution < -0.4 is 5.32 Å². The minimum atomic E-state index is -3.59. The van der Waals surface area contributed by atoms with Crippen LogP contribution in [-0.4, -0.2) is 34.4 Å². The molecule has 0 saturated carbocycles. The second kappa shape index (κ2) is 8.17. The summed E-state index contributed by atoms with van der Waals surface area (Å²) in [6.45, 7) is 7.90. The van der Waals surface area contributed by atoms with Gasteiger partial charge in [0.1, 0.15) is 15.9 Å². The number of halogens is 2. The van der Waals surface area contributed by atoms with E-state index in [4.69, 9.17) is 23.2 Å². The molecule has 144 valence electrons. The van der Waals surface area contributed by atoms with Crippen LogP contribution >= 0.6 is 23.2 Å². The van der Waals surface area contributed by atoms with Gasteiger partial charge in [-0.2, -0.15) is 4.31 Å². The highest BCUT2D eigenvalue weighted by Gasteiger charge is 2.29. The third kappa shape index (κ3) is 4.34. The summed E-state index contributed by atoms with van der Waals surface area (Å²) in [6.07, 6.45) is 1.38. The minimum absolute atomic E-state index is 0.135. The Hall–Kier alpha value is -1.28. The average molecular weight is 419 g/mol. The maximum Gasteiger partial charge on any atom is 0.245 e. The van der Waals surface area contributed by atoms with E-state index in [1.54, 1.807) is 22.8 Å². The average Bonchev–Trinajstić information content (AvgIpc) is 2.79. The number of hydrogen-bond donors (Lipinski definition) is 1. The normalized spacial score (nSPS) is 12.4. The molecule has 0 aliphatic rings. The SMILES string of the molecule is CC(C)N(C(C)C)S(=O)(=O)c1ccc(NCc2cc(Cl)c(Cl)n2C)nc1. The van der Waals surface area contributed by atoms with Crippen molar-refractivity contribution in [2.24, 2.45) is 7.05 Å². The van der Waals surface area contributed by atoms with E-state index in [1.165, 1.54) is 10.5 Å². The summed E-state index contributed by atoms with van der Waals surface area (Å²) in [5, 5.41) is 4.10. The van der Waals surface area contributed by atoms with Gasteiger partial charge in [0.15, 0.2) is 0 Å². The van der Waals surface area contributed by atoms with Crippen LogP contribution in [0.5, 0.6) is 0 Å². The molecule has 2 heterocycles. The summed E-state index contributed by atoms with van der Waals surface area (Å²) in [7, 11) is -1.77. The molecule has 0 radical (unpaired) electrons. The lowest BCUT2D eigenvalue weighted by molar-refractivity contribution is 0.302. The quantitative estimate of drug-likeness (QED) is 0.732. The van der Waals surface area contributed by atoms with Gasteiger partial charge in [0.25, 0.3) is 0 Å². The molecular weight excluding hydrogens is 395 g/mol. The first-order chi connectivity index (χ1) is 12.1. The number of anilines is 1. The third-order valence-corrected chi connectivity index (χ3v) is 7.07. The van der Waals surface area contributed by atoms with Gasteiger partial charge in [-0.15, -0.1) is 0 Å². The van der Waals surface area contributed by atoms with Crippen molar-refractivity contribution in [2.45, 2.75) is 51.2 Å². The van der Waals surface area contributed by atoms with Crippen molar-refractivity contribution >= 4 is 39.0 Å². The Bertz CT molecular complexity index is 854. The topological polar surface area (TPSA) is 67.2 Å². The van der Waals surface area contributed by atoms with Crippen LogP contribution in [0.3, 0.4) is 0 Å². The van der Waals surface area contributed by atoms with Gasteiger partial charge < -0.3 is 9.88 Å². The molecule has 2 aromatic rings. The van der Waals surface area contributed by atoms with Gasteiger partial charge in [-0.3, -0.25) is 0 Å². The molecule has 2 aromatic heterocycles. The first-order valence-electron chi connectivity index (χ1n) is 8.28. The van der Waals surface area contributed by atoms with Gasteiger partial charge in [0.2, 0.25) is 10.0 Å². The molecule has 9 heteroatoms. The number of aromatic nitrogens is 2. The van der Waals surface area contributed by atoms with Crippen LogP contribution in [-0.2, 0) is 23.6 Å². The predicted octanol–water partition coefficient (Wildman–Crippen LogP) is 4.15. The molecule has 0 saturated heterocycles. The molecular formula is C17H24Cl2N4O2S. The second-order valence-electron chi connectivity index (χ2n) is 6.59. The van der Waals surface area contributed by atoms with Gasteiger partial charge in [-0.05, 0) is 45.9 Å². The van der Waals surface area contributed by atoms with Crippen LogP contribution in [0, 0.1) is 0 Å². The van der Waals surface area contributed by atoms with Gasteiger partial charge in [0.05, 0.1) is 11.6 Å². The molecule has 0 bridgehead atoms. The van der Waals surface area contributed by atoms with E-state index in [0.29, 0.717) is 22.5 Å². The van der Waals surface area contributed by atoms with Crippen molar-refractivity contribution in [1.29, 1.82) is 0 Å². The summed E-state index contributed by atoms with van der Waals surface area (Å²) in [5.74, 6) is 0.568. The third-order valence-electron chi connectivity index (χ3n) is 4.00.